The first-order valence-corrected chi connectivity index (χ1v) is 5.89. The lowest BCUT2D eigenvalue weighted by Crippen LogP contribution is -2.38. The van der Waals surface area contributed by atoms with E-state index >= 15 is 0 Å². The van der Waals surface area contributed by atoms with Crippen LogP contribution in [0.2, 0.25) is 0 Å². The van der Waals surface area contributed by atoms with Crippen molar-refractivity contribution in [2.75, 3.05) is 14.1 Å². The topological polar surface area (TPSA) is 32.3 Å². The molecule has 0 radical (unpaired) electrons. The second-order valence-electron chi connectivity index (χ2n) is 4.81. The van der Waals surface area contributed by atoms with Gasteiger partial charge in [-0.25, -0.2) is 5.01 Å². The van der Waals surface area contributed by atoms with E-state index in [-0.39, 0.29) is 11.8 Å². The third-order valence-corrected chi connectivity index (χ3v) is 3.29. The van der Waals surface area contributed by atoms with Crippen LogP contribution in [-0.2, 0) is 4.79 Å². The molecule has 0 bridgehead atoms. The zero-order chi connectivity index (χ0) is 13.2. The van der Waals surface area contributed by atoms with Crippen molar-refractivity contribution in [2.24, 2.45) is 0 Å². The standard InChI is InChI=1S/C14H22N2O/c1-9-7-8-13(11(3)10(9)2)12(4)14(17)15-16(5)6/h7-8,12H,1-6H3,(H,15,17). The highest BCUT2D eigenvalue weighted by Gasteiger charge is 2.18. The Labute approximate surface area is 104 Å². The van der Waals surface area contributed by atoms with Crippen LogP contribution in [-0.4, -0.2) is 25.0 Å². The first-order chi connectivity index (χ1) is 7.84. The van der Waals surface area contributed by atoms with Crippen molar-refractivity contribution in [3.8, 4) is 0 Å². The van der Waals surface area contributed by atoms with Gasteiger partial charge in [0.25, 0.3) is 0 Å². The van der Waals surface area contributed by atoms with Crippen molar-refractivity contribution < 1.29 is 4.79 Å². The Balaban J connectivity index is 3.01. The van der Waals surface area contributed by atoms with Gasteiger partial charge in [0.05, 0.1) is 5.92 Å². The molecule has 0 fully saturated rings. The number of nitrogens with zero attached hydrogens (tertiary/aromatic N) is 1. The van der Waals surface area contributed by atoms with Gasteiger partial charge in [0, 0.05) is 14.1 Å². The van der Waals surface area contributed by atoms with Crippen molar-refractivity contribution in [1.29, 1.82) is 0 Å². The van der Waals surface area contributed by atoms with Gasteiger partial charge >= 0.3 is 0 Å². The normalized spacial score (nSPS) is 12.6. The fourth-order valence-electron chi connectivity index (χ4n) is 1.90. The van der Waals surface area contributed by atoms with Crippen LogP contribution < -0.4 is 5.43 Å². The summed E-state index contributed by atoms with van der Waals surface area (Å²) in [6.45, 7) is 8.22. The van der Waals surface area contributed by atoms with E-state index in [9.17, 15) is 4.79 Å². The maximum absolute atomic E-state index is 11.9. The smallest absolute Gasteiger partial charge is 0.241 e. The van der Waals surface area contributed by atoms with Gasteiger partial charge in [-0.2, -0.15) is 0 Å². The molecule has 3 nitrogen and oxygen atoms in total. The Bertz CT molecular complexity index is 424. The molecule has 3 heteroatoms. The molecule has 0 aromatic heterocycles. The summed E-state index contributed by atoms with van der Waals surface area (Å²) >= 11 is 0. The Hall–Kier alpha value is -1.35. The molecule has 0 spiro atoms. The molecule has 1 amide bonds. The van der Waals surface area contributed by atoms with Crippen LogP contribution in [0.3, 0.4) is 0 Å². The lowest BCUT2D eigenvalue weighted by molar-refractivity contribution is -0.126. The molecule has 0 aliphatic carbocycles. The fraction of sp³-hybridized carbons (Fsp3) is 0.500. The van der Waals surface area contributed by atoms with E-state index in [1.165, 1.54) is 16.7 Å². The minimum absolute atomic E-state index is 0.0290. The fourth-order valence-corrected chi connectivity index (χ4v) is 1.90. The number of nitrogens with one attached hydrogen (secondary N) is 1. The molecule has 17 heavy (non-hydrogen) atoms. The molecule has 94 valence electrons. The van der Waals surface area contributed by atoms with Gasteiger partial charge < -0.3 is 0 Å². The monoisotopic (exact) mass is 234 g/mol. The third kappa shape index (κ3) is 3.07. The summed E-state index contributed by atoms with van der Waals surface area (Å²) in [6, 6.07) is 4.13. The van der Waals surface area contributed by atoms with E-state index in [2.05, 4.69) is 38.3 Å². The lowest BCUT2D eigenvalue weighted by atomic mass is 9.91. The Kier molecular flexibility index (Phi) is 4.29. The molecule has 1 aromatic carbocycles. The Morgan fingerprint density at radius 3 is 2.29 bits per heavy atom. The minimum atomic E-state index is -0.128. The van der Waals surface area contributed by atoms with Crippen LogP contribution in [0.15, 0.2) is 12.1 Å². The number of hydrogen-bond acceptors (Lipinski definition) is 2. The van der Waals surface area contributed by atoms with E-state index in [1.54, 1.807) is 5.01 Å². The molecular formula is C14H22N2O. The Morgan fingerprint density at radius 1 is 1.18 bits per heavy atom. The minimum Gasteiger partial charge on any atom is -0.289 e. The molecule has 0 heterocycles. The molecule has 1 N–H and O–H groups in total. The number of carbonyl (C=O) groups is 1. The van der Waals surface area contributed by atoms with Crippen molar-refractivity contribution in [1.82, 2.24) is 10.4 Å². The van der Waals surface area contributed by atoms with Crippen LogP contribution in [0.5, 0.6) is 0 Å². The summed E-state index contributed by atoms with van der Waals surface area (Å²) in [5.41, 5.74) is 7.66. The Morgan fingerprint density at radius 2 is 1.76 bits per heavy atom. The third-order valence-electron chi connectivity index (χ3n) is 3.29. The molecular weight excluding hydrogens is 212 g/mol. The van der Waals surface area contributed by atoms with Crippen molar-refractivity contribution in [2.45, 2.75) is 33.6 Å². The van der Waals surface area contributed by atoms with E-state index < -0.39 is 0 Å². The summed E-state index contributed by atoms with van der Waals surface area (Å²) in [4.78, 5) is 11.9. The number of amides is 1. The van der Waals surface area contributed by atoms with Gasteiger partial charge in [-0.15, -0.1) is 0 Å². The zero-order valence-corrected chi connectivity index (χ0v) is 11.6. The molecule has 1 rings (SSSR count). The van der Waals surface area contributed by atoms with Crippen molar-refractivity contribution in [3.05, 3.63) is 34.4 Å². The number of hydrazine groups is 1. The van der Waals surface area contributed by atoms with Gasteiger partial charge in [-0.1, -0.05) is 12.1 Å². The van der Waals surface area contributed by atoms with Crippen LogP contribution in [0.4, 0.5) is 0 Å². The highest BCUT2D eigenvalue weighted by molar-refractivity contribution is 5.83. The van der Waals surface area contributed by atoms with Crippen LogP contribution >= 0.6 is 0 Å². The predicted octanol–water partition coefficient (Wildman–Crippen LogP) is 2.31. The van der Waals surface area contributed by atoms with E-state index in [0.717, 1.165) is 5.56 Å². The summed E-state index contributed by atoms with van der Waals surface area (Å²) in [6.07, 6.45) is 0. The largest absolute Gasteiger partial charge is 0.289 e. The first kappa shape index (κ1) is 13.7. The molecule has 0 aliphatic heterocycles. The SMILES string of the molecule is Cc1ccc(C(C)C(=O)NN(C)C)c(C)c1C. The van der Waals surface area contributed by atoms with Gasteiger partial charge in [0.15, 0.2) is 0 Å². The van der Waals surface area contributed by atoms with Crippen LogP contribution in [0.1, 0.15) is 35.1 Å². The number of aryl methyl sites for hydroxylation is 1. The molecule has 0 saturated carbocycles. The van der Waals surface area contributed by atoms with Crippen LogP contribution in [0, 0.1) is 20.8 Å². The summed E-state index contributed by atoms with van der Waals surface area (Å²) in [7, 11) is 3.63. The van der Waals surface area contributed by atoms with Crippen molar-refractivity contribution in [3.63, 3.8) is 0 Å². The van der Waals surface area contributed by atoms with E-state index in [4.69, 9.17) is 0 Å². The second kappa shape index (κ2) is 5.32. The molecule has 1 unspecified atom stereocenters. The maximum atomic E-state index is 11.9. The number of carbonyl (C=O) groups excluding carboxylic acids is 1. The van der Waals surface area contributed by atoms with Gasteiger partial charge in [-0.3, -0.25) is 10.2 Å². The average molecular weight is 234 g/mol. The first-order valence-electron chi connectivity index (χ1n) is 5.89. The van der Waals surface area contributed by atoms with E-state index in [1.807, 2.05) is 21.0 Å². The maximum Gasteiger partial charge on any atom is 0.241 e. The number of hydrogen-bond donors (Lipinski definition) is 1. The highest BCUT2D eigenvalue weighted by Crippen LogP contribution is 2.24. The van der Waals surface area contributed by atoms with Gasteiger partial charge in [0.2, 0.25) is 5.91 Å². The summed E-state index contributed by atoms with van der Waals surface area (Å²) in [5, 5.41) is 1.68. The van der Waals surface area contributed by atoms with Crippen LogP contribution in [0.25, 0.3) is 0 Å². The quantitative estimate of drug-likeness (QED) is 0.814. The lowest BCUT2D eigenvalue weighted by Gasteiger charge is -2.19. The van der Waals surface area contributed by atoms with Crippen molar-refractivity contribution >= 4 is 5.91 Å². The van der Waals surface area contributed by atoms with Gasteiger partial charge in [0.1, 0.15) is 0 Å². The second-order valence-corrected chi connectivity index (χ2v) is 4.81. The van der Waals surface area contributed by atoms with E-state index in [0.29, 0.717) is 0 Å². The molecule has 1 aromatic rings. The predicted molar refractivity (Wildman–Crippen MR) is 70.9 cm³/mol. The summed E-state index contributed by atoms with van der Waals surface area (Å²) < 4.78 is 0. The number of benzene rings is 1. The molecule has 0 aliphatic rings. The summed E-state index contributed by atoms with van der Waals surface area (Å²) in [5.74, 6) is -0.0990. The zero-order valence-electron chi connectivity index (χ0n) is 11.6. The average Bonchev–Trinajstić information content (AvgIpc) is 2.24. The molecule has 1 atom stereocenters. The highest BCUT2D eigenvalue weighted by atomic mass is 16.2. The van der Waals surface area contributed by atoms with Gasteiger partial charge in [-0.05, 0) is 49.9 Å². The number of rotatable bonds is 3. The molecule has 0 saturated heterocycles.